The highest BCUT2D eigenvalue weighted by Gasteiger charge is 2.74. The molecule has 194 valence electrons. The Hall–Kier alpha value is -2.19. The number of hydrogen-bond donors (Lipinski definition) is 1. The highest BCUT2D eigenvalue weighted by molar-refractivity contribution is 6.00. The molecule has 3 amide bonds. The van der Waals surface area contributed by atoms with Gasteiger partial charge < -0.3 is 24.5 Å². The molecule has 6 atom stereocenters. The third kappa shape index (κ3) is 4.12. The van der Waals surface area contributed by atoms with Crippen LogP contribution in [0.5, 0.6) is 0 Å². The van der Waals surface area contributed by atoms with Gasteiger partial charge in [0.2, 0.25) is 17.7 Å². The van der Waals surface area contributed by atoms with Crippen LogP contribution in [-0.2, 0) is 19.1 Å². The zero-order valence-corrected chi connectivity index (χ0v) is 21.6. The smallest absolute Gasteiger partial charge is 0.249 e. The first-order valence-electron chi connectivity index (χ1n) is 13.3. The molecule has 4 aliphatic heterocycles. The van der Waals surface area contributed by atoms with Gasteiger partial charge in [-0.25, -0.2) is 0 Å². The average Bonchev–Trinajstić information content (AvgIpc) is 3.08. The van der Waals surface area contributed by atoms with Crippen molar-refractivity contribution in [3.63, 3.8) is 0 Å². The number of ether oxygens (including phenoxy) is 1. The van der Waals surface area contributed by atoms with Gasteiger partial charge in [0.1, 0.15) is 11.6 Å². The van der Waals surface area contributed by atoms with Gasteiger partial charge in [-0.1, -0.05) is 44.6 Å². The summed E-state index contributed by atoms with van der Waals surface area (Å²) in [4.78, 5) is 47.4. The van der Waals surface area contributed by atoms with Crippen molar-refractivity contribution >= 4 is 17.7 Å². The Morgan fingerprint density at radius 2 is 1.74 bits per heavy atom. The van der Waals surface area contributed by atoms with Crippen LogP contribution < -0.4 is 0 Å². The zero-order valence-electron chi connectivity index (χ0n) is 21.6. The molecular weight excluding hydrogens is 446 g/mol. The maximum atomic E-state index is 14.1. The molecule has 0 saturated carbocycles. The molecule has 8 nitrogen and oxygen atoms in total. The molecule has 1 N–H and O–H groups in total. The van der Waals surface area contributed by atoms with Crippen LogP contribution >= 0.6 is 0 Å². The minimum Gasteiger partial charge on any atom is -0.396 e. The van der Waals surface area contributed by atoms with Gasteiger partial charge >= 0.3 is 0 Å². The van der Waals surface area contributed by atoms with Crippen molar-refractivity contribution in [2.24, 2.45) is 11.8 Å². The Kier molecular flexibility index (Phi) is 7.44. The van der Waals surface area contributed by atoms with Crippen molar-refractivity contribution in [1.29, 1.82) is 0 Å². The van der Waals surface area contributed by atoms with Gasteiger partial charge in [0, 0.05) is 38.8 Å². The summed E-state index contributed by atoms with van der Waals surface area (Å²) in [6.07, 6.45) is 11.5. The summed E-state index contributed by atoms with van der Waals surface area (Å²) in [5.41, 5.74) is -2.16. The van der Waals surface area contributed by atoms with Crippen LogP contribution in [0.2, 0.25) is 0 Å². The lowest BCUT2D eigenvalue weighted by Crippen LogP contribution is -2.57. The van der Waals surface area contributed by atoms with E-state index in [-0.39, 0.29) is 30.4 Å². The van der Waals surface area contributed by atoms with Crippen LogP contribution in [-0.4, -0.2) is 93.6 Å². The van der Waals surface area contributed by atoms with E-state index in [1.807, 2.05) is 54.9 Å². The number of aliphatic hydroxyl groups is 1. The van der Waals surface area contributed by atoms with Crippen LogP contribution in [0.1, 0.15) is 59.8 Å². The molecule has 0 bridgehead atoms. The summed E-state index contributed by atoms with van der Waals surface area (Å²) < 4.78 is 6.81. The maximum absolute atomic E-state index is 14.1. The standard InChI is InChI=1S/C27H41N3O5/c1-5-11-19(3)29-17-10-13-27-21(24(33)30(16-7-8-18-31)22(27)25(29)34)20-23(32)28(14-6-2)15-9-12-26(20,4)35-27/h9-10,12-13,19-22,31H,5-8,11,14-18H2,1-4H3/t19?,20-,21+,22?,26+,27+/m1/s1. The monoisotopic (exact) mass is 487 g/mol. The van der Waals surface area contributed by atoms with E-state index in [0.717, 1.165) is 19.3 Å². The first kappa shape index (κ1) is 25.9. The van der Waals surface area contributed by atoms with Crippen LogP contribution in [0, 0.1) is 11.8 Å². The van der Waals surface area contributed by atoms with E-state index < -0.39 is 29.1 Å². The van der Waals surface area contributed by atoms with Crippen LogP contribution in [0.15, 0.2) is 24.3 Å². The third-order valence-electron chi connectivity index (χ3n) is 8.21. The van der Waals surface area contributed by atoms with E-state index in [2.05, 4.69) is 6.92 Å². The highest BCUT2D eigenvalue weighted by atomic mass is 16.5. The summed E-state index contributed by atoms with van der Waals surface area (Å²) in [7, 11) is 0. The second-order valence-electron chi connectivity index (χ2n) is 10.7. The van der Waals surface area contributed by atoms with E-state index in [1.165, 1.54) is 0 Å². The molecule has 0 aromatic heterocycles. The Balaban J connectivity index is 1.80. The predicted octanol–water partition coefficient (Wildman–Crippen LogP) is 2.13. The maximum Gasteiger partial charge on any atom is 0.249 e. The predicted molar refractivity (Wildman–Crippen MR) is 132 cm³/mol. The summed E-state index contributed by atoms with van der Waals surface area (Å²) in [5, 5.41) is 9.33. The van der Waals surface area contributed by atoms with Gasteiger partial charge in [-0.3, -0.25) is 14.4 Å². The highest BCUT2D eigenvalue weighted by Crippen LogP contribution is 2.57. The lowest BCUT2D eigenvalue weighted by Gasteiger charge is -2.38. The molecule has 35 heavy (non-hydrogen) atoms. The fourth-order valence-electron chi connectivity index (χ4n) is 6.66. The number of likely N-dealkylation sites (tertiary alicyclic amines) is 1. The molecule has 0 aliphatic carbocycles. The lowest BCUT2D eigenvalue weighted by atomic mass is 9.74. The van der Waals surface area contributed by atoms with E-state index in [1.54, 1.807) is 4.90 Å². The van der Waals surface area contributed by atoms with E-state index >= 15 is 0 Å². The zero-order chi connectivity index (χ0) is 25.4. The first-order valence-corrected chi connectivity index (χ1v) is 13.3. The number of amides is 3. The van der Waals surface area contributed by atoms with Crippen molar-refractivity contribution in [3.8, 4) is 0 Å². The second-order valence-corrected chi connectivity index (χ2v) is 10.7. The Labute approximate surface area is 208 Å². The molecule has 2 saturated heterocycles. The van der Waals surface area contributed by atoms with Crippen molar-refractivity contribution in [2.45, 2.75) is 83.1 Å². The van der Waals surface area contributed by atoms with E-state index in [4.69, 9.17) is 4.74 Å². The number of unbranched alkanes of at least 4 members (excludes halogenated alkanes) is 1. The van der Waals surface area contributed by atoms with Gasteiger partial charge in [-0.2, -0.15) is 0 Å². The third-order valence-corrected chi connectivity index (χ3v) is 8.21. The largest absolute Gasteiger partial charge is 0.396 e. The number of aliphatic hydroxyl groups excluding tert-OH is 1. The molecule has 4 aliphatic rings. The second kappa shape index (κ2) is 10.1. The number of rotatable bonds is 9. The number of carbonyl (C=O) groups excluding carboxylic acids is 3. The summed E-state index contributed by atoms with van der Waals surface area (Å²) in [6, 6.07) is -0.786. The minimum atomic E-state index is -1.19. The molecule has 1 spiro atoms. The molecule has 0 aromatic carbocycles. The first-order chi connectivity index (χ1) is 16.8. The number of fused-ring (bicyclic) bond motifs is 2. The van der Waals surface area contributed by atoms with Crippen molar-refractivity contribution in [3.05, 3.63) is 24.3 Å². The molecular formula is C27H41N3O5. The number of carbonyl (C=O) groups is 3. The number of nitrogens with zero attached hydrogens (tertiary/aromatic N) is 3. The fourth-order valence-corrected chi connectivity index (χ4v) is 6.66. The molecule has 2 fully saturated rings. The van der Waals surface area contributed by atoms with E-state index in [9.17, 15) is 19.5 Å². The molecule has 8 heteroatoms. The number of hydrogen-bond acceptors (Lipinski definition) is 5. The topological polar surface area (TPSA) is 90.4 Å². The molecule has 0 aromatic rings. The van der Waals surface area contributed by atoms with Crippen molar-refractivity contribution in [1.82, 2.24) is 14.7 Å². The van der Waals surface area contributed by atoms with Crippen molar-refractivity contribution < 1.29 is 24.2 Å². The van der Waals surface area contributed by atoms with Gasteiger partial charge in [0.05, 0.1) is 17.4 Å². The average molecular weight is 488 g/mol. The molecule has 2 unspecified atom stereocenters. The van der Waals surface area contributed by atoms with Gasteiger partial charge in [0.25, 0.3) is 0 Å². The van der Waals surface area contributed by atoms with Crippen molar-refractivity contribution in [2.75, 3.05) is 32.8 Å². The Bertz CT molecular complexity index is 903. The normalized spacial score (nSPS) is 35.2. The van der Waals surface area contributed by atoms with Gasteiger partial charge in [-0.15, -0.1) is 0 Å². The van der Waals surface area contributed by atoms with Crippen LogP contribution in [0.4, 0.5) is 0 Å². The Morgan fingerprint density at radius 3 is 2.43 bits per heavy atom. The van der Waals surface area contributed by atoms with E-state index in [0.29, 0.717) is 39.0 Å². The van der Waals surface area contributed by atoms with Crippen LogP contribution in [0.25, 0.3) is 0 Å². The van der Waals surface area contributed by atoms with Gasteiger partial charge in [-0.05, 0) is 39.5 Å². The lowest BCUT2D eigenvalue weighted by molar-refractivity contribution is -0.153. The molecule has 4 rings (SSSR count). The minimum absolute atomic E-state index is 0.0290. The summed E-state index contributed by atoms with van der Waals surface area (Å²) in [5.74, 6) is -1.83. The summed E-state index contributed by atoms with van der Waals surface area (Å²) >= 11 is 0. The molecule has 0 radical (unpaired) electrons. The van der Waals surface area contributed by atoms with Gasteiger partial charge in [0.15, 0.2) is 0 Å². The quantitative estimate of drug-likeness (QED) is 0.398. The van der Waals surface area contributed by atoms with Crippen LogP contribution in [0.3, 0.4) is 0 Å². The SMILES string of the molecule is CCCC(C)N1CC=C[C@]23O[C@@]4(C)C=CCN(CCC)C(=O)[C@H]4[C@H]2C(=O)N(CCCCO)C3C1=O. The fraction of sp³-hybridized carbons (Fsp3) is 0.741. The Morgan fingerprint density at radius 1 is 1.00 bits per heavy atom. The summed E-state index contributed by atoms with van der Waals surface area (Å²) in [6.45, 7) is 10.0. The molecule has 4 heterocycles.